The molecule has 1 aliphatic carbocycles. The molecule has 0 aliphatic heterocycles. The van der Waals surface area contributed by atoms with Crippen LogP contribution in [0.15, 0.2) is 23.0 Å². The van der Waals surface area contributed by atoms with Gasteiger partial charge in [0.15, 0.2) is 0 Å². The maximum absolute atomic E-state index is 12.3. The van der Waals surface area contributed by atoms with E-state index in [1.165, 1.54) is 31.2 Å². The number of aromatic amines is 1. The largest absolute Gasteiger partial charge is 0.321 e. The summed E-state index contributed by atoms with van der Waals surface area (Å²) >= 11 is 0. The van der Waals surface area contributed by atoms with E-state index in [2.05, 4.69) is 42.3 Å². The second-order valence-corrected chi connectivity index (χ2v) is 6.92. The van der Waals surface area contributed by atoms with Gasteiger partial charge in [-0.05, 0) is 55.7 Å². The fraction of sp³-hybridized carbons (Fsp3) is 0.526. The van der Waals surface area contributed by atoms with Crippen molar-refractivity contribution in [1.29, 1.82) is 0 Å². The number of benzene rings is 1. The lowest BCUT2D eigenvalue weighted by Crippen LogP contribution is -2.37. The third kappa shape index (κ3) is 3.09. The van der Waals surface area contributed by atoms with Crippen LogP contribution < -0.4 is 10.9 Å². The second-order valence-electron chi connectivity index (χ2n) is 6.92. The lowest BCUT2D eigenvalue weighted by atomic mass is 9.86. The first-order valence-corrected chi connectivity index (χ1v) is 8.41. The minimum atomic E-state index is 0.0374. The molecule has 0 amide bonds. The standard InChI is InChI=1S/C19H26N2O/c1-12-8-14(3)18-15(9-12)10-16(19(22)21-18)11-20-17-7-5-4-6-13(17)2/h8-10,13,17,20H,4-7,11H2,1-3H3,(H,21,22)/t13-,17+/m0/s1. The summed E-state index contributed by atoms with van der Waals surface area (Å²) in [5.41, 5.74) is 4.21. The lowest BCUT2D eigenvalue weighted by molar-refractivity contribution is 0.279. The quantitative estimate of drug-likeness (QED) is 0.905. The summed E-state index contributed by atoms with van der Waals surface area (Å²) in [5, 5.41) is 4.73. The Kier molecular flexibility index (Phi) is 4.34. The highest BCUT2D eigenvalue weighted by atomic mass is 16.1. The van der Waals surface area contributed by atoms with Crippen LogP contribution in [0.4, 0.5) is 0 Å². The number of aryl methyl sites for hydroxylation is 2. The molecule has 0 saturated heterocycles. The van der Waals surface area contributed by atoms with Crippen molar-refractivity contribution in [1.82, 2.24) is 10.3 Å². The van der Waals surface area contributed by atoms with Gasteiger partial charge in [0.2, 0.25) is 0 Å². The molecule has 3 heteroatoms. The Morgan fingerprint density at radius 1 is 1.18 bits per heavy atom. The second kappa shape index (κ2) is 6.25. The molecule has 118 valence electrons. The van der Waals surface area contributed by atoms with E-state index in [9.17, 15) is 4.79 Å². The van der Waals surface area contributed by atoms with E-state index >= 15 is 0 Å². The average molecular weight is 298 g/mol. The predicted molar refractivity (Wildman–Crippen MR) is 92.3 cm³/mol. The van der Waals surface area contributed by atoms with Gasteiger partial charge in [-0.15, -0.1) is 0 Å². The van der Waals surface area contributed by atoms with Crippen LogP contribution in [0.25, 0.3) is 10.9 Å². The Labute approximate surface area is 132 Å². The number of aromatic nitrogens is 1. The van der Waals surface area contributed by atoms with Crippen molar-refractivity contribution in [3.8, 4) is 0 Å². The van der Waals surface area contributed by atoms with Gasteiger partial charge in [-0.1, -0.05) is 31.4 Å². The van der Waals surface area contributed by atoms with Crippen LogP contribution >= 0.6 is 0 Å². The fourth-order valence-corrected chi connectivity index (χ4v) is 3.72. The molecule has 0 unspecified atom stereocenters. The molecule has 1 heterocycles. The van der Waals surface area contributed by atoms with Gasteiger partial charge in [0.25, 0.3) is 5.56 Å². The van der Waals surface area contributed by atoms with Crippen molar-refractivity contribution in [2.24, 2.45) is 5.92 Å². The molecule has 0 bridgehead atoms. The fourth-order valence-electron chi connectivity index (χ4n) is 3.72. The van der Waals surface area contributed by atoms with E-state index < -0.39 is 0 Å². The van der Waals surface area contributed by atoms with Crippen LogP contribution in [-0.4, -0.2) is 11.0 Å². The summed E-state index contributed by atoms with van der Waals surface area (Å²) in [6, 6.07) is 6.85. The summed E-state index contributed by atoms with van der Waals surface area (Å²) in [6.45, 7) is 7.12. The van der Waals surface area contributed by atoms with Gasteiger partial charge < -0.3 is 10.3 Å². The van der Waals surface area contributed by atoms with Crippen LogP contribution in [0.5, 0.6) is 0 Å². The Hall–Kier alpha value is -1.61. The number of pyridine rings is 1. The Morgan fingerprint density at radius 3 is 2.73 bits per heavy atom. The highest BCUT2D eigenvalue weighted by Gasteiger charge is 2.20. The Morgan fingerprint density at radius 2 is 1.95 bits per heavy atom. The minimum Gasteiger partial charge on any atom is -0.321 e. The number of H-pyrrole nitrogens is 1. The van der Waals surface area contributed by atoms with Gasteiger partial charge in [0.05, 0.1) is 5.52 Å². The molecule has 1 aliphatic rings. The minimum absolute atomic E-state index is 0.0374. The van der Waals surface area contributed by atoms with Gasteiger partial charge in [-0.2, -0.15) is 0 Å². The van der Waals surface area contributed by atoms with E-state index in [-0.39, 0.29) is 5.56 Å². The van der Waals surface area contributed by atoms with Crippen LogP contribution in [0.2, 0.25) is 0 Å². The van der Waals surface area contributed by atoms with E-state index in [0.29, 0.717) is 18.5 Å². The maximum atomic E-state index is 12.3. The molecule has 1 saturated carbocycles. The number of hydrogen-bond donors (Lipinski definition) is 2. The highest BCUT2D eigenvalue weighted by Crippen LogP contribution is 2.24. The SMILES string of the molecule is Cc1cc(C)c2[nH]c(=O)c(CN[C@@H]3CCCC[C@@H]3C)cc2c1. The van der Waals surface area contributed by atoms with E-state index in [1.54, 1.807) is 0 Å². The number of hydrogen-bond acceptors (Lipinski definition) is 2. The van der Waals surface area contributed by atoms with Crippen molar-refractivity contribution in [2.45, 2.75) is 59.0 Å². The molecule has 3 nitrogen and oxygen atoms in total. The highest BCUT2D eigenvalue weighted by molar-refractivity contribution is 5.82. The molecule has 1 aromatic carbocycles. The topological polar surface area (TPSA) is 44.9 Å². The molecular weight excluding hydrogens is 272 g/mol. The molecule has 0 radical (unpaired) electrons. The van der Waals surface area contributed by atoms with Gasteiger partial charge >= 0.3 is 0 Å². The molecular formula is C19H26N2O. The molecule has 3 rings (SSSR count). The van der Waals surface area contributed by atoms with Crippen LogP contribution in [0, 0.1) is 19.8 Å². The predicted octanol–water partition coefficient (Wildman–Crippen LogP) is 3.81. The maximum Gasteiger partial charge on any atom is 0.252 e. The van der Waals surface area contributed by atoms with Gasteiger partial charge in [0, 0.05) is 18.2 Å². The first kappa shape index (κ1) is 15.3. The van der Waals surface area contributed by atoms with Crippen LogP contribution in [-0.2, 0) is 6.54 Å². The summed E-state index contributed by atoms with van der Waals surface area (Å²) in [6.07, 6.45) is 5.16. The van der Waals surface area contributed by atoms with Crippen LogP contribution in [0.1, 0.15) is 49.3 Å². The zero-order valence-electron chi connectivity index (χ0n) is 13.8. The average Bonchev–Trinajstić information content (AvgIpc) is 2.47. The Balaban J connectivity index is 1.84. The lowest BCUT2D eigenvalue weighted by Gasteiger charge is -2.29. The van der Waals surface area contributed by atoms with Gasteiger partial charge in [-0.25, -0.2) is 0 Å². The van der Waals surface area contributed by atoms with E-state index in [0.717, 1.165) is 22.0 Å². The molecule has 1 fully saturated rings. The number of nitrogens with one attached hydrogen (secondary N) is 2. The smallest absolute Gasteiger partial charge is 0.252 e. The summed E-state index contributed by atoms with van der Waals surface area (Å²) < 4.78 is 0. The molecule has 0 spiro atoms. The van der Waals surface area contributed by atoms with E-state index in [1.807, 2.05) is 6.92 Å². The number of rotatable bonds is 3. The van der Waals surface area contributed by atoms with Crippen molar-refractivity contribution in [2.75, 3.05) is 0 Å². The molecule has 2 N–H and O–H groups in total. The van der Waals surface area contributed by atoms with Crippen molar-refractivity contribution in [3.63, 3.8) is 0 Å². The third-order valence-corrected chi connectivity index (χ3v) is 5.04. The third-order valence-electron chi connectivity index (χ3n) is 5.04. The summed E-state index contributed by atoms with van der Waals surface area (Å²) in [4.78, 5) is 15.4. The molecule has 2 atom stereocenters. The van der Waals surface area contributed by atoms with Gasteiger partial charge in [0.1, 0.15) is 0 Å². The van der Waals surface area contributed by atoms with E-state index in [4.69, 9.17) is 0 Å². The van der Waals surface area contributed by atoms with Crippen molar-refractivity contribution >= 4 is 10.9 Å². The first-order chi connectivity index (χ1) is 10.5. The zero-order valence-corrected chi connectivity index (χ0v) is 13.8. The van der Waals surface area contributed by atoms with Gasteiger partial charge in [-0.3, -0.25) is 4.79 Å². The normalized spacial score (nSPS) is 22.1. The Bertz CT molecular complexity index is 732. The zero-order chi connectivity index (χ0) is 15.7. The van der Waals surface area contributed by atoms with Crippen molar-refractivity contribution in [3.05, 3.63) is 45.2 Å². The van der Waals surface area contributed by atoms with Crippen LogP contribution in [0.3, 0.4) is 0 Å². The first-order valence-electron chi connectivity index (χ1n) is 8.41. The summed E-state index contributed by atoms with van der Waals surface area (Å²) in [7, 11) is 0. The summed E-state index contributed by atoms with van der Waals surface area (Å²) in [5.74, 6) is 0.706. The number of fused-ring (bicyclic) bond motifs is 1. The van der Waals surface area contributed by atoms with Crippen molar-refractivity contribution < 1.29 is 0 Å². The monoisotopic (exact) mass is 298 g/mol. The molecule has 2 aromatic rings. The molecule has 22 heavy (non-hydrogen) atoms. The molecule has 1 aromatic heterocycles.